The van der Waals surface area contributed by atoms with Gasteiger partial charge in [0.25, 0.3) is 5.56 Å². The molecule has 3 aromatic rings. The molecule has 0 amide bonds. The Morgan fingerprint density at radius 3 is 2.67 bits per heavy atom. The van der Waals surface area contributed by atoms with Crippen LogP contribution in [0.3, 0.4) is 0 Å². The van der Waals surface area contributed by atoms with E-state index in [0.717, 1.165) is 29.5 Å². The fraction of sp³-hybridized carbons (Fsp3) is 0.353. The average Bonchev–Trinajstić information content (AvgIpc) is 3.21. The molecule has 1 aliphatic rings. The van der Waals surface area contributed by atoms with Crippen molar-refractivity contribution >= 4 is 33.0 Å². The Hall–Kier alpha value is -1.92. The fourth-order valence-electron chi connectivity index (χ4n) is 3.48. The van der Waals surface area contributed by atoms with E-state index in [4.69, 9.17) is 11.6 Å². The largest absolute Gasteiger partial charge is 0.359 e. The van der Waals surface area contributed by atoms with Gasteiger partial charge in [-0.15, -0.1) is 5.10 Å². The predicted molar refractivity (Wildman–Crippen MR) is 97.2 cm³/mol. The zero-order valence-electron chi connectivity index (χ0n) is 13.0. The molecule has 124 valence electrons. The summed E-state index contributed by atoms with van der Waals surface area (Å²) in [6, 6.07) is 9.58. The standard InChI is InChI=1S/C17H17ClN4OS/c18-13-5-3-12(4-6-13)17(8-1-2-9-17)11-20-15-21-22-14(23)7-10-19-16(22)24-15/h3-7,10H,1-2,8-9,11H2,(H,20,21). The number of nitrogens with one attached hydrogen (secondary N) is 1. The first kappa shape index (κ1) is 15.6. The Kier molecular flexibility index (Phi) is 4.02. The van der Waals surface area contributed by atoms with Gasteiger partial charge in [-0.3, -0.25) is 4.79 Å². The van der Waals surface area contributed by atoms with Gasteiger partial charge in [-0.1, -0.05) is 47.9 Å². The van der Waals surface area contributed by atoms with E-state index in [1.807, 2.05) is 12.1 Å². The van der Waals surface area contributed by atoms with Crippen molar-refractivity contribution < 1.29 is 0 Å². The van der Waals surface area contributed by atoms with Crippen molar-refractivity contribution in [2.45, 2.75) is 31.1 Å². The zero-order chi connectivity index (χ0) is 16.6. The maximum atomic E-state index is 11.8. The molecule has 1 N–H and O–H groups in total. The lowest BCUT2D eigenvalue weighted by Crippen LogP contribution is -2.31. The van der Waals surface area contributed by atoms with Crippen LogP contribution in [-0.4, -0.2) is 21.1 Å². The van der Waals surface area contributed by atoms with Gasteiger partial charge in [-0.25, -0.2) is 4.98 Å². The van der Waals surface area contributed by atoms with Crippen molar-refractivity contribution in [1.82, 2.24) is 14.6 Å². The van der Waals surface area contributed by atoms with E-state index in [2.05, 4.69) is 27.5 Å². The lowest BCUT2D eigenvalue weighted by atomic mass is 9.79. The van der Waals surface area contributed by atoms with Crippen molar-refractivity contribution in [3.63, 3.8) is 0 Å². The lowest BCUT2D eigenvalue weighted by molar-refractivity contribution is 0.466. The molecule has 1 aromatic carbocycles. The second-order valence-corrected chi connectivity index (χ2v) is 7.62. The van der Waals surface area contributed by atoms with Gasteiger partial charge < -0.3 is 5.32 Å². The third-order valence-corrected chi connectivity index (χ3v) is 5.90. The second-order valence-electron chi connectivity index (χ2n) is 6.23. The second kappa shape index (κ2) is 6.18. The van der Waals surface area contributed by atoms with Crippen LogP contribution >= 0.6 is 22.9 Å². The van der Waals surface area contributed by atoms with Gasteiger partial charge in [0, 0.05) is 29.2 Å². The summed E-state index contributed by atoms with van der Waals surface area (Å²) in [5, 5.41) is 9.26. The summed E-state index contributed by atoms with van der Waals surface area (Å²) in [7, 11) is 0. The highest BCUT2D eigenvalue weighted by Crippen LogP contribution is 2.41. The third kappa shape index (κ3) is 2.80. The first-order chi connectivity index (χ1) is 11.7. The van der Waals surface area contributed by atoms with Crippen LogP contribution < -0.4 is 10.9 Å². The van der Waals surface area contributed by atoms with E-state index >= 15 is 0 Å². The van der Waals surface area contributed by atoms with E-state index in [1.54, 1.807) is 0 Å². The molecular weight excluding hydrogens is 344 g/mol. The van der Waals surface area contributed by atoms with E-state index in [1.165, 1.54) is 46.5 Å². The Labute approximate surface area is 148 Å². The van der Waals surface area contributed by atoms with Gasteiger partial charge in [0.1, 0.15) is 0 Å². The highest BCUT2D eigenvalue weighted by Gasteiger charge is 2.35. The number of halogens is 1. The minimum absolute atomic E-state index is 0.0980. The van der Waals surface area contributed by atoms with Gasteiger partial charge in [0.15, 0.2) is 0 Å². The first-order valence-corrected chi connectivity index (χ1v) is 9.21. The molecule has 1 fully saturated rings. The number of benzene rings is 1. The average molecular weight is 361 g/mol. The van der Waals surface area contributed by atoms with Crippen LogP contribution in [0.1, 0.15) is 31.2 Å². The zero-order valence-corrected chi connectivity index (χ0v) is 14.6. The smallest absolute Gasteiger partial charge is 0.275 e. The molecule has 4 rings (SSSR count). The van der Waals surface area contributed by atoms with Gasteiger partial charge in [0.05, 0.1) is 0 Å². The van der Waals surface area contributed by atoms with Crippen LogP contribution in [0.25, 0.3) is 4.96 Å². The summed E-state index contributed by atoms with van der Waals surface area (Å²) in [5.41, 5.74) is 1.26. The molecule has 2 heterocycles. The molecule has 0 unspecified atom stereocenters. The molecule has 0 spiro atoms. The molecular formula is C17H17ClN4OS. The molecule has 24 heavy (non-hydrogen) atoms. The van der Waals surface area contributed by atoms with Crippen molar-refractivity contribution in [2.24, 2.45) is 0 Å². The van der Waals surface area contributed by atoms with Crippen LogP contribution in [0.5, 0.6) is 0 Å². The number of aromatic nitrogens is 3. The number of hydrogen-bond acceptors (Lipinski definition) is 5. The van der Waals surface area contributed by atoms with Gasteiger partial charge in [-0.2, -0.15) is 4.52 Å². The summed E-state index contributed by atoms with van der Waals surface area (Å²) in [5.74, 6) is 0. The Balaban J connectivity index is 1.60. The third-order valence-electron chi connectivity index (χ3n) is 4.77. The number of fused-ring (bicyclic) bond motifs is 1. The molecule has 0 radical (unpaired) electrons. The summed E-state index contributed by atoms with van der Waals surface area (Å²) < 4.78 is 1.34. The first-order valence-electron chi connectivity index (χ1n) is 8.01. The van der Waals surface area contributed by atoms with E-state index in [0.29, 0.717) is 4.96 Å². The topological polar surface area (TPSA) is 59.3 Å². The summed E-state index contributed by atoms with van der Waals surface area (Å²) in [6.45, 7) is 0.795. The minimum atomic E-state index is -0.155. The van der Waals surface area contributed by atoms with Crippen molar-refractivity contribution in [3.05, 3.63) is 57.5 Å². The van der Waals surface area contributed by atoms with Gasteiger partial charge in [-0.05, 0) is 30.5 Å². The molecule has 1 saturated carbocycles. The Morgan fingerprint density at radius 2 is 1.96 bits per heavy atom. The van der Waals surface area contributed by atoms with Gasteiger partial charge >= 0.3 is 0 Å². The van der Waals surface area contributed by atoms with Crippen LogP contribution in [0.15, 0.2) is 41.3 Å². The van der Waals surface area contributed by atoms with Crippen molar-refractivity contribution in [2.75, 3.05) is 11.9 Å². The molecule has 5 nitrogen and oxygen atoms in total. The van der Waals surface area contributed by atoms with Gasteiger partial charge in [0.2, 0.25) is 10.1 Å². The fourth-order valence-corrected chi connectivity index (χ4v) is 4.38. The van der Waals surface area contributed by atoms with Crippen LogP contribution in [-0.2, 0) is 5.41 Å². The highest BCUT2D eigenvalue weighted by atomic mass is 35.5. The number of hydrogen-bond donors (Lipinski definition) is 1. The van der Waals surface area contributed by atoms with Crippen LogP contribution in [0, 0.1) is 0 Å². The SMILES string of the molecule is O=c1ccnc2sc(NCC3(c4ccc(Cl)cc4)CCCC3)nn12. The molecule has 7 heteroatoms. The van der Waals surface area contributed by atoms with Crippen LogP contribution in [0.2, 0.25) is 5.02 Å². The van der Waals surface area contributed by atoms with E-state index in [9.17, 15) is 4.79 Å². The van der Waals surface area contributed by atoms with Crippen molar-refractivity contribution in [1.29, 1.82) is 0 Å². The predicted octanol–water partition coefficient (Wildman–Crippen LogP) is 3.73. The van der Waals surface area contributed by atoms with E-state index < -0.39 is 0 Å². The molecule has 1 aliphatic carbocycles. The monoisotopic (exact) mass is 360 g/mol. The summed E-state index contributed by atoms with van der Waals surface area (Å²) in [6.07, 6.45) is 6.26. The number of rotatable bonds is 4. The molecule has 0 saturated heterocycles. The minimum Gasteiger partial charge on any atom is -0.359 e. The highest BCUT2D eigenvalue weighted by molar-refractivity contribution is 7.20. The molecule has 2 aromatic heterocycles. The maximum absolute atomic E-state index is 11.8. The Morgan fingerprint density at radius 1 is 1.21 bits per heavy atom. The summed E-state index contributed by atoms with van der Waals surface area (Å²) in [4.78, 5) is 16.6. The van der Waals surface area contributed by atoms with Crippen molar-refractivity contribution in [3.8, 4) is 0 Å². The summed E-state index contributed by atoms with van der Waals surface area (Å²) >= 11 is 7.43. The number of anilines is 1. The molecule has 0 aliphatic heterocycles. The number of nitrogens with zero attached hydrogens (tertiary/aromatic N) is 3. The Bertz CT molecular complexity index is 912. The maximum Gasteiger partial charge on any atom is 0.275 e. The molecule has 0 bridgehead atoms. The lowest BCUT2D eigenvalue weighted by Gasteiger charge is -2.30. The normalized spacial score (nSPS) is 16.5. The van der Waals surface area contributed by atoms with Crippen LogP contribution in [0.4, 0.5) is 5.13 Å². The van der Waals surface area contributed by atoms with E-state index in [-0.39, 0.29) is 11.0 Å². The molecule has 0 atom stereocenters. The quantitative estimate of drug-likeness (QED) is 0.770.